The highest BCUT2D eigenvalue weighted by molar-refractivity contribution is 5.76. The zero-order valence-corrected chi connectivity index (χ0v) is 13.5. The number of carbonyl (C=O) groups excluding carboxylic acids is 1. The van der Waals surface area contributed by atoms with Crippen LogP contribution in [-0.4, -0.2) is 27.6 Å². The average Bonchev–Trinajstić information content (AvgIpc) is 3.14. The molecule has 6 nitrogen and oxygen atoms in total. The van der Waals surface area contributed by atoms with Crippen LogP contribution < -0.4 is 5.32 Å². The fourth-order valence-electron chi connectivity index (χ4n) is 2.09. The van der Waals surface area contributed by atoms with E-state index in [0.29, 0.717) is 24.7 Å². The molecule has 0 saturated carbocycles. The van der Waals surface area contributed by atoms with Gasteiger partial charge in [-0.1, -0.05) is 35.2 Å². The molecule has 0 aliphatic carbocycles. The Hall–Kier alpha value is -3.46. The van der Waals surface area contributed by atoms with Crippen molar-refractivity contribution >= 4 is 5.91 Å². The van der Waals surface area contributed by atoms with Crippen LogP contribution >= 0.6 is 0 Å². The van der Waals surface area contributed by atoms with Crippen molar-refractivity contribution in [2.24, 2.45) is 0 Å². The molecule has 2 aromatic heterocycles. The van der Waals surface area contributed by atoms with Crippen LogP contribution in [-0.2, 0) is 11.2 Å². The van der Waals surface area contributed by atoms with Crippen LogP contribution in [0, 0.1) is 11.8 Å². The van der Waals surface area contributed by atoms with E-state index in [-0.39, 0.29) is 12.3 Å². The maximum atomic E-state index is 11.8. The summed E-state index contributed by atoms with van der Waals surface area (Å²) in [5, 5.41) is 6.66. The van der Waals surface area contributed by atoms with Gasteiger partial charge in [-0.15, -0.1) is 0 Å². The Labute approximate surface area is 145 Å². The van der Waals surface area contributed by atoms with Crippen molar-refractivity contribution in [1.82, 2.24) is 20.4 Å². The molecule has 0 radical (unpaired) electrons. The summed E-state index contributed by atoms with van der Waals surface area (Å²) in [4.78, 5) is 20.0. The summed E-state index contributed by atoms with van der Waals surface area (Å²) in [6.45, 7) is 0.305. The molecule has 0 unspecified atom stereocenters. The molecule has 6 heteroatoms. The molecule has 1 amide bonds. The van der Waals surface area contributed by atoms with Gasteiger partial charge in [-0.2, -0.15) is 4.98 Å². The molecule has 1 N–H and O–H groups in total. The van der Waals surface area contributed by atoms with E-state index < -0.39 is 0 Å². The quantitative estimate of drug-likeness (QED) is 0.725. The summed E-state index contributed by atoms with van der Waals surface area (Å²) in [7, 11) is 0. The molecule has 3 rings (SSSR count). The van der Waals surface area contributed by atoms with E-state index >= 15 is 0 Å². The molecule has 2 heterocycles. The molecular weight excluding hydrogens is 316 g/mol. The lowest BCUT2D eigenvalue weighted by atomic mass is 10.2. The number of benzene rings is 1. The summed E-state index contributed by atoms with van der Waals surface area (Å²) in [5.74, 6) is 6.72. The predicted octanol–water partition coefficient (Wildman–Crippen LogP) is 2.23. The Balaban J connectivity index is 1.44. The SMILES string of the molecule is O=C(CCc1nc(-c2ccncc2)no1)NCC#Cc1ccccc1. The fourth-order valence-corrected chi connectivity index (χ4v) is 2.09. The number of aryl methyl sites for hydroxylation is 1. The van der Waals surface area contributed by atoms with Gasteiger partial charge in [-0.05, 0) is 24.3 Å². The second-order valence-corrected chi connectivity index (χ2v) is 5.19. The van der Waals surface area contributed by atoms with Gasteiger partial charge in [0.15, 0.2) is 0 Å². The molecule has 0 aliphatic heterocycles. The largest absolute Gasteiger partial charge is 0.345 e. The first-order valence-electron chi connectivity index (χ1n) is 7.85. The Morgan fingerprint density at radius 3 is 2.72 bits per heavy atom. The van der Waals surface area contributed by atoms with Crippen LogP contribution in [0.5, 0.6) is 0 Å². The van der Waals surface area contributed by atoms with Crippen LogP contribution in [0.3, 0.4) is 0 Å². The summed E-state index contributed by atoms with van der Waals surface area (Å²) >= 11 is 0. The molecule has 0 spiro atoms. The summed E-state index contributed by atoms with van der Waals surface area (Å²) in [6.07, 6.45) is 3.98. The Morgan fingerprint density at radius 1 is 1.12 bits per heavy atom. The van der Waals surface area contributed by atoms with E-state index in [1.165, 1.54) is 0 Å². The van der Waals surface area contributed by atoms with Crippen molar-refractivity contribution in [3.63, 3.8) is 0 Å². The second kappa shape index (κ2) is 8.41. The number of nitrogens with one attached hydrogen (secondary N) is 1. The predicted molar refractivity (Wildman–Crippen MR) is 92.2 cm³/mol. The van der Waals surface area contributed by atoms with Crippen LogP contribution in [0.4, 0.5) is 0 Å². The van der Waals surface area contributed by atoms with Gasteiger partial charge >= 0.3 is 0 Å². The number of amides is 1. The van der Waals surface area contributed by atoms with Crippen molar-refractivity contribution in [2.75, 3.05) is 6.54 Å². The Bertz CT molecular complexity index is 880. The molecule has 3 aromatic rings. The Kier molecular flexibility index (Phi) is 5.52. The lowest BCUT2D eigenvalue weighted by molar-refractivity contribution is -0.120. The summed E-state index contributed by atoms with van der Waals surface area (Å²) < 4.78 is 5.16. The first-order chi connectivity index (χ1) is 12.3. The highest BCUT2D eigenvalue weighted by Crippen LogP contribution is 2.14. The average molecular weight is 332 g/mol. The lowest BCUT2D eigenvalue weighted by Gasteiger charge is -1.98. The zero-order chi connectivity index (χ0) is 17.3. The van der Waals surface area contributed by atoms with Crippen molar-refractivity contribution in [2.45, 2.75) is 12.8 Å². The van der Waals surface area contributed by atoms with Gasteiger partial charge in [0.25, 0.3) is 0 Å². The molecule has 25 heavy (non-hydrogen) atoms. The van der Waals surface area contributed by atoms with Crippen molar-refractivity contribution < 1.29 is 9.32 Å². The molecule has 0 bridgehead atoms. The fraction of sp³-hybridized carbons (Fsp3) is 0.158. The minimum Gasteiger partial charge on any atom is -0.345 e. The number of pyridine rings is 1. The van der Waals surface area contributed by atoms with Gasteiger partial charge in [0.1, 0.15) is 0 Å². The van der Waals surface area contributed by atoms with E-state index in [0.717, 1.165) is 11.1 Å². The van der Waals surface area contributed by atoms with Crippen molar-refractivity contribution in [3.05, 3.63) is 66.3 Å². The summed E-state index contributed by atoms with van der Waals surface area (Å²) in [6, 6.07) is 13.2. The number of rotatable bonds is 5. The highest BCUT2D eigenvalue weighted by Gasteiger charge is 2.10. The third kappa shape index (κ3) is 5.01. The Morgan fingerprint density at radius 2 is 1.92 bits per heavy atom. The second-order valence-electron chi connectivity index (χ2n) is 5.19. The molecule has 0 aliphatic rings. The number of hydrogen-bond acceptors (Lipinski definition) is 5. The van der Waals surface area contributed by atoms with Gasteiger partial charge in [-0.3, -0.25) is 9.78 Å². The standard InChI is InChI=1S/C19H16N4O2/c24-17(21-12-4-7-15-5-2-1-3-6-15)8-9-18-22-19(23-25-18)16-10-13-20-14-11-16/h1-3,5-6,10-11,13-14H,8-9,12H2,(H,21,24). The highest BCUT2D eigenvalue weighted by atomic mass is 16.5. The maximum absolute atomic E-state index is 11.8. The minimum absolute atomic E-state index is 0.106. The van der Waals surface area contributed by atoms with Gasteiger partial charge in [0, 0.05) is 36.4 Å². The van der Waals surface area contributed by atoms with E-state index in [1.54, 1.807) is 24.5 Å². The van der Waals surface area contributed by atoms with Gasteiger partial charge < -0.3 is 9.84 Å². The van der Waals surface area contributed by atoms with Crippen LogP contribution in [0.1, 0.15) is 17.9 Å². The van der Waals surface area contributed by atoms with E-state index in [4.69, 9.17) is 4.52 Å². The van der Waals surface area contributed by atoms with Crippen LogP contribution in [0.2, 0.25) is 0 Å². The normalized spacial score (nSPS) is 9.92. The van der Waals surface area contributed by atoms with E-state index in [9.17, 15) is 4.79 Å². The molecule has 0 saturated heterocycles. The number of hydrogen-bond donors (Lipinski definition) is 1. The van der Waals surface area contributed by atoms with Gasteiger partial charge in [-0.25, -0.2) is 0 Å². The topological polar surface area (TPSA) is 80.9 Å². The number of carbonyl (C=O) groups is 1. The van der Waals surface area contributed by atoms with Crippen molar-refractivity contribution in [3.8, 4) is 23.2 Å². The molecule has 124 valence electrons. The first-order valence-corrected chi connectivity index (χ1v) is 7.85. The number of nitrogens with zero attached hydrogens (tertiary/aromatic N) is 3. The third-order valence-electron chi connectivity index (χ3n) is 3.35. The first kappa shape index (κ1) is 16.4. The van der Waals surface area contributed by atoms with Crippen molar-refractivity contribution in [1.29, 1.82) is 0 Å². The van der Waals surface area contributed by atoms with Gasteiger partial charge in [0.2, 0.25) is 17.6 Å². The van der Waals surface area contributed by atoms with Gasteiger partial charge in [0.05, 0.1) is 6.54 Å². The van der Waals surface area contributed by atoms with E-state index in [1.807, 2.05) is 30.3 Å². The minimum atomic E-state index is -0.106. The lowest BCUT2D eigenvalue weighted by Crippen LogP contribution is -2.23. The molecule has 0 atom stereocenters. The monoisotopic (exact) mass is 332 g/mol. The third-order valence-corrected chi connectivity index (χ3v) is 3.35. The maximum Gasteiger partial charge on any atom is 0.227 e. The van der Waals surface area contributed by atoms with E-state index in [2.05, 4.69) is 32.3 Å². The smallest absolute Gasteiger partial charge is 0.227 e. The van der Waals surface area contributed by atoms with Crippen LogP contribution in [0.25, 0.3) is 11.4 Å². The zero-order valence-electron chi connectivity index (χ0n) is 13.5. The molecule has 0 fully saturated rings. The van der Waals surface area contributed by atoms with Crippen LogP contribution in [0.15, 0.2) is 59.4 Å². The number of aromatic nitrogens is 3. The summed E-state index contributed by atoms with van der Waals surface area (Å²) in [5.41, 5.74) is 1.75. The molecule has 1 aromatic carbocycles. The molecular formula is C19H16N4O2.